The van der Waals surface area contributed by atoms with E-state index in [0.29, 0.717) is 15.8 Å². The van der Waals surface area contributed by atoms with Crippen LogP contribution < -0.4 is 10.1 Å². The molecule has 116 valence electrons. The maximum Gasteiger partial charge on any atom is 0.138 e. The van der Waals surface area contributed by atoms with Crippen LogP contribution in [0.5, 0.6) is 5.75 Å². The smallest absolute Gasteiger partial charge is 0.138 e. The summed E-state index contributed by atoms with van der Waals surface area (Å²) < 4.78 is 6.05. The van der Waals surface area contributed by atoms with Gasteiger partial charge in [0.25, 0.3) is 0 Å². The third-order valence-electron chi connectivity index (χ3n) is 2.74. The maximum absolute atomic E-state index is 6.15. The second kappa shape index (κ2) is 8.99. The van der Waals surface area contributed by atoms with Crippen LogP contribution in [-0.4, -0.2) is 19.7 Å². The van der Waals surface area contributed by atoms with Gasteiger partial charge in [-0.25, -0.2) is 0 Å². The second-order valence-electron chi connectivity index (χ2n) is 5.97. The van der Waals surface area contributed by atoms with Gasteiger partial charge >= 0.3 is 0 Å². The van der Waals surface area contributed by atoms with Gasteiger partial charge in [0.2, 0.25) is 0 Å². The largest absolute Gasteiger partial charge is 0.489 e. The van der Waals surface area contributed by atoms with Gasteiger partial charge in [-0.3, -0.25) is 0 Å². The van der Waals surface area contributed by atoms with Gasteiger partial charge in [0.15, 0.2) is 0 Å². The van der Waals surface area contributed by atoms with Gasteiger partial charge in [0, 0.05) is 5.02 Å². The molecule has 0 bridgehead atoms. The standard InChI is InChI=1S/C15H23Cl2NO.ClH/c1-15(2,3)10-12(7-8-18-4)19-14-6-5-11(16)9-13(14)17;/h5-6,9,12,18H,7-8,10H2,1-4H3;1H. The molecular formula is C15H24Cl3NO. The van der Waals surface area contributed by atoms with Gasteiger partial charge < -0.3 is 10.1 Å². The van der Waals surface area contributed by atoms with Gasteiger partial charge in [-0.1, -0.05) is 44.0 Å². The van der Waals surface area contributed by atoms with Crippen molar-refractivity contribution in [1.82, 2.24) is 5.32 Å². The Morgan fingerprint density at radius 1 is 1.25 bits per heavy atom. The van der Waals surface area contributed by atoms with E-state index < -0.39 is 0 Å². The zero-order chi connectivity index (χ0) is 14.5. The van der Waals surface area contributed by atoms with Gasteiger partial charge in [-0.2, -0.15) is 0 Å². The lowest BCUT2D eigenvalue weighted by molar-refractivity contribution is 0.136. The lowest BCUT2D eigenvalue weighted by Crippen LogP contribution is -2.27. The Morgan fingerprint density at radius 3 is 2.40 bits per heavy atom. The number of nitrogens with one attached hydrogen (secondary N) is 1. The SMILES string of the molecule is CNCCC(CC(C)(C)C)Oc1ccc(Cl)cc1Cl.Cl. The van der Waals surface area contributed by atoms with E-state index in [1.807, 2.05) is 13.1 Å². The van der Waals surface area contributed by atoms with Crippen LogP contribution in [0.1, 0.15) is 33.6 Å². The molecule has 0 saturated heterocycles. The Balaban J connectivity index is 0.00000361. The molecule has 0 aliphatic heterocycles. The van der Waals surface area contributed by atoms with Crippen molar-refractivity contribution in [3.8, 4) is 5.75 Å². The minimum absolute atomic E-state index is 0. The first-order valence-electron chi connectivity index (χ1n) is 6.58. The fraction of sp³-hybridized carbons (Fsp3) is 0.600. The summed E-state index contributed by atoms with van der Waals surface area (Å²) in [5, 5.41) is 4.35. The summed E-state index contributed by atoms with van der Waals surface area (Å²) in [5.41, 5.74) is 0.220. The van der Waals surface area contributed by atoms with Crippen LogP contribution in [0.3, 0.4) is 0 Å². The predicted octanol–water partition coefficient (Wildman–Crippen LogP) is 5.21. The summed E-state index contributed by atoms with van der Waals surface area (Å²) in [4.78, 5) is 0. The molecule has 1 aromatic carbocycles. The third kappa shape index (κ3) is 7.58. The van der Waals surface area contributed by atoms with Gasteiger partial charge in [-0.15, -0.1) is 12.4 Å². The van der Waals surface area contributed by atoms with E-state index in [2.05, 4.69) is 26.1 Å². The Bertz CT molecular complexity index is 405. The first-order valence-corrected chi connectivity index (χ1v) is 7.34. The van der Waals surface area contributed by atoms with Crippen LogP contribution in [0, 0.1) is 5.41 Å². The maximum atomic E-state index is 6.15. The van der Waals surface area contributed by atoms with E-state index >= 15 is 0 Å². The molecule has 0 fully saturated rings. The highest BCUT2D eigenvalue weighted by molar-refractivity contribution is 6.35. The van der Waals surface area contributed by atoms with Crippen molar-refractivity contribution in [3.05, 3.63) is 28.2 Å². The van der Waals surface area contributed by atoms with E-state index in [1.165, 1.54) is 0 Å². The number of rotatable bonds is 6. The summed E-state index contributed by atoms with van der Waals surface area (Å²) in [6.07, 6.45) is 2.08. The molecule has 2 nitrogen and oxygen atoms in total. The molecule has 0 aliphatic rings. The first-order chi connectivity index (χ1) is 8.81. The van der Waals surface area contributed by atoms with Crippen LogP contribution in [-0.2, 0) is 0 Å². The molecule has 0 heterocycles. The molecule has 0 radical (unpaired) electrons. The average Bonchev–Trinajstić information content (AvgIpc) is 2.27. The van der Waals surface area contributed by atoms with Crippen molar-refractivity contribution in [3.63, 3.8) is 0 Å². The number of halogens is 3. The molecule has 0 amide bonds. The third-order valence-corrected chi connectivity index (χ3v) is 3.27. The van der Waals surface area contributed by atoms with Crippen LogP contribution in [0.4, 0.5) is 0 Å². The fourth-order valence-electron chi connectivity index (χ4n) is 1.94. The summed E-state index contributed by atoms with van der Waals surface area (Å²) in [7, 11) is 1.95. The van der Waals surface area contributed by atoms with Crippen molar-refractivity contribution in [2.75, 3.05) is 13.6 Å². The van der Waals surface area contributed by atoms with Crippen molar-refractivity contribution in [2.45, 2.75) is 39.7 Å². The molecule has 0 aromatic heterocycles. The van der Waals surface area contributed by atoms with Crippen molar-refractivity contribution in [2.24, 2.45) is 5.41 Å². The Labute approximate surface area is 138 Å². The normalized spacial score (nSPS) is 12.7. The van der Waals surface area contributed by atoms with E-state index in [0.717, 1.165) is 19.4 Å². The molecule has 1 N–H and O–H groups in total. The van der Waals surface area contributed by atoms with Gasteiger partial charge in [0.1, 0.15) is 11.9 Å². The number of hydrogen-bond donors (Lipinski definition) is 1. The number of hydrogen-bond acceptors (Lipinski definition) is 2. The number of ether oxygens (including phenoxy) is 1. The average molecular weight is 341 g/mol. The molecule has 1 rings (SSSR count). The molecule has 1 unspecified atom stereocenters. The van der Waals surface area contributed by atoms with Crippen LogP contribution in [0.2, 0.25) is 10.0 Å². The van der Waals surface area contributed by atoms with Crippen molar-refractivity contribution >= 4 is 35.6 Å². The molecular weight excluding hydrogens is 317 g/mol. The van der Waals surface area contributed by atoms with Crippen molar-refractivity contribution < 1.29 is 4.74 Å². The van der Waals surface area contributed by atoms with E-state index in [4.69, 9.17) is 27.9 Å². The Morgan fingerprint density at radius 2 is 1.90 bits per heavy atom. The van der Waals surface area contributed by atoms with Crippen molar-refractivity contribution in [1.29, 1.82) is 0 Å². The second-order valence-corrected chi connectivity index (χ2v) is 6.82. The number of benzene rings is 1. The molecule has 20 heavy (non-hydrogen) atoms. The minimum Gasteiger partial charge on any atom is -0.489 e. The molecule has 0 spiro atoms. The topological polar surface area (TPSA) is 21.3 Å². The minimum atomic E-state index is 0. The molecule has 1 aromatic rings. The zero-order valence-electron chi connectivity index (χ0n) is 12.5. The summed E-state index contributed by atoms with van der Waals surface area (Å²) in [6, 6.07) is 5.35. The van der Waals surface area contributed by atoms with E-state index in [1.54, 1.807) is 12.1 Å². The van der Waals surface area contributed by atoms with Gasteiger partial charge in [-0.05, 0) is 50.0 Å². The summed E-state index contributed by atoms with van der Waals surface area (Å²) >= 11 is 12.0. The van der Waals surface area contributed by atoms with Crippen LogP contribution >= 0.6 is 35.6 Å². The van der Waals surface area contributed by atoms with E-state index in [-0.39, 0.29) is 23.9 Å². The van der Waals surface area contributed by atoms with Crippen LogP contribution in [0.25, 0.3) is 0 Å². The highest BCUT2D eigenvalue weighted by Gasteiger charge is 2.20. The highest BCUT2D eigenvalue weighted by atomic mass is 35.5. The predicted molar refractivity (Wildman–Crippen MR) is 90.7 cm³/mol. The monoisotopic (exact) mass is 339 g/mol. The molecule has 5 heteroatoms. The Kier molecular flexibility index (Phi) is 8.92. The van der Waals surface area contributed by atoms with Gasteiger partial charge in [0.05, 0.1) is 5.02 Å². The molecule has 0 saturated carbocycles. The summed E-state index contributed by atoms with van der Waals surface area (Å²) in [5.74, 6) is 0.705. The Hall–Kier alpha value is -0.150. The lowest BCUT2D eigenvalue weighted by atomic mass is 9.88. The highest BCUT2D eigenvalue weighted by Crippen LogP contribution is 2.31. The quantitative estimate of drug-likeness (QED) is 0.767. The lowest BCUT2D eigenvalue weighted by Gasteiger charge is -2.27. The zero-order valence-corrected chi connectivity index (χ0v) is 14.8. The molecule has 0 aliphatic carbocycles. The molecule has 1 atom stereocenters. The van der Waals surface area contributed by atoms with E-state index in [9.17, 15) is 0 Å². The first kappa shape index (κ1) is 19.9. The fourth-order valence-corrected chi connectivity index (χ4v) is 2.39. The van der Waals surface area contributed by atoms with Crippen LogP contribution in [0.15, 0.2) is 18.2 Å². The summed E-state index contributed by atoms with van der Waals surface area (Å²) in [6.45, 7) is 7.57.